The van der Waals surface area contributed by atoms with Crippen LogP contribution in [0.1, 0.15) is 31.8 Å². The molecule has 0 fully saturated rings. The molecular weight excluding hydrogens is 352 g/mol. The molecule has 28 heavy (non-hydrogen) atoms. The third kappa shape index (κ3) is 4.74. The minimum atomic E-state index is -0.478. The minimum Gasteiger partial charge on any atom is -0.497 e. The monoisotopic (exact) mass is 372 g/mol. The molecule has 0 aliphatic carbocycles. The molecule has 4 nitrogen and oxygen atoms in total. The molecule has 140 valence electrons. The summed E-state index contributed by atoms with van der Waals surface area (Å²) in [5, 5.41) is 0. The molecule has 0 spiro atoms. The molecule has 0 unspecified atom stereocenters. The van der Waals surface area contributed by atoms with Crippen molar-refractivity contribution in [2.24, 2.45) is 0 Å². The van der Waals surface area contributed by atoms with E-state index in [0.29, 0.717) is 28.2 Å². The van der Waals surface area contributed by atoms with Gasteiger partial charge in [0.1, 0.15) is 11.5 Å². The van der Waals surface area contributed by atoms with Crippen LogP contribution in [0.15, 0.2) is 78.9 Å². The van der Waals surface area contributed by atoms with E-state index in [9.17, 15) is 9.59 Å². The van der Waals surface area contributed by atoms with Crippen LogP contribution in [0.4, 0.5) is 0 Å². The van der Waals surface area contributed by atoms with Gasteiger partial charge in [0.05, 0.1) is 12.7 Å². The van der Waals surface area contributed by atoms with Gasteiger partial charge in [-0.3, -0.25) is 4.79 Å². The Bertz CT molecular complexity index is 1000. The average molecular weight is 372 g/mol. The second-order valence-electron chi connectivity index (χ2n) is 6.22. The number of rotatable bonds is 6. The van der Waals surface area contributed by atoms with E-state index >= 15 is 0 Å². The van der Waals surface area contributed by atoms with Gasteiger partial charge in [-0.1, -0.05) is 48.0 Å². The zero-order valence-electron chi connectivity index (χ0n) is 15.7. The quantitative estimate of drug-likeness (QED) is 0.261. The van der Waals surface area contributed by atoms with Gasteiger partial charge >= 0.3 is 5.97 Å². The lowest BCUT2D eigenvalue weighted by Gasteiger charge is -2.08. The largest absolute Gasteiger partial charge is 0.497 e. The molecule has 3 aromatic rings. The number of esters is 1. The highest BCUT2D eigenvalue weighted by Crippen LogP contribution is 2.22. The minimum absolute atomic E-state index is 0.115. The summed E-state index contributed by atoms with van der Waals surface area (Å²) in [4.78, 5) is 24.7. The maximum absolute atomic E-state index is 12.4. The number of ether oxygens (including phenoxy) is 2. The van der Waals surface area contributed by atoms with E-state index in [-0.39, 0.29) is 5.78 Å². The number of carbonyl (C=O) groups is 2. The maximum Gasteiger partial charge on any atom is 0.343 e. The van der Waals surface area contributed by atoms with Crippen molar-refractivity contribution in [1.29, 1.82) is 0 Å². The number of ketones is 1. The van der Waals surface area contributed by atoms with Gasteiger partial charge in [-0.15, -0.1) is 0 Å². The summed E-state index contributed by atoms with van der Waals surface area (Å²) in [6, 6.07) is 21.1. The second kappa shape index (κ2) is 8.82. The molecule has 0 bridgehead atoms. The normalized spacial score (nSPS) is 10.6. The molecule has 0 aliphatic heterocycles. The van der Waals surface area contributed by atoms with Crippen LogP contribution >= 0.6 is 0 Å². The van der Waals surface area contributed by atoms with Gasteiger partial charge in [-0.25, -0.2) is 4.79 Å². The Morgan fingerprint density at radius 1 is 0.821 bits per heavy atom. The van der Waals surface area contributed by atoms with Gasteiger partial charge in [0, 0.05) is 11.1 Å². The summed E-state index contributed by atoms with van der Waals surface area (Å²) in [5.74, 6) is 0.454. The number of hydrogen-bond acceptors (Lipinski definition) is 4. The number of allylic oxidation sites excluding steroid dienone is 1. The Hall–Kier alpha value is -3.66. The standard InChI is InChI=1S/C24H20O4/c1-17-7-9-18(10-8-17)22(25)16-13-19-5-3-4-6-23(19)28-24(26)20-11-14-21(27-2)15-12-20/h3-16H,1-2H3. The first-order valence-electron chi connectivity index (χ1n) is 8.81. The molecule has 0 amide bonds. The van der Waals surface area contributed by atoms with Gasteiger partial charge in [0.25, 0.3) is 0 Å². The third-order valence-corrected chi connectivity index (χ3v) is 4.20. The van der Waals surface area contributed by atoms with Gasteiger partial charge < -0.3 is 9.47 Å². The van der Waals surface area contributed by atoms with Crippen molar-refractivity contribution in [3.8, 4) is 11.5 Å². The first-order chi connectivity index (χ1) is 13.6. The molecule has 0 atom stereocenters. The van der Waals surface area contributed by atoms with Crippen LogP contribution in [0.3, 0.4) is 0 Å². The van der Waals surface area contributed by atoms with Gasteiger partial charge in [-0.2, -0.15) is 0 Å². The molecule has 0 saturated carbocycles. The van der Waals surface area contributed by atoms with E-state index in [1.165, 1.54) is 6.08 Å². The molecule has 3 rings (SSSR count). The zero-order valence-corrected chi connectivity index (χ0v) is 15.7. The van der Waals surface area contributed by atoms with Crippen LogP contribution in [0.2, 0.25) is 0 Å². The molecule has 0 aromatic heterocycles. The molecule has 3 aromatic carbocycles. The van der Waals surface area contributed by atoms with Crippen LogP contribution in [0, 0.1) is 6.92 Å². The first kappa shape index (κ1) is 19.1. The number of hydrogen-bond donors (Lipinski definition) is 0. The van der Waals surface area contributed by atoms with E-state index in [2.05, 4.69) is 0 Å². The average Bonchev–Trinajstić information content (AvgIpc) is 2.73. The van der Waals surface area contributed by atoms with Crippen LogP contribution in [0.25, 0.3) is 6.08 Å². The Morgan fingerprint density at radius 2 is 1.46 bits per heavy atom. The van der Waals surface area contributed by atoms with Gasteiger partial charge in [0.2, 0.25) is 0 Å². The SMILES string of the molecule is COc1ccc(C(=O)Oc2ccccc2C=CC(=O)c2ccc(C)cc2)cc1. The van der Waals surface area contributed by atoms with Crippen LogP contribution < -0.4 is 9.47 Å². The molecular formula is C24H20O4. The number of benzene rings is 3. The predicted molar refractivity (Wildman–Crippen MR) is 109 cm³/mol. The van der Waals surface area contributed by atoms with E-state index in [0.717, 1.165) is 5.56 Å². The fourth-order valence-electron chi connectivity index (χ4n) is 2.58. The molecule has 0 aliphatic rings. The lowest BCUT2D eigenvalue weighted by molar-refractivity contribution is 0.0734. The Labute approximate surface area is 164 Å². The lowest BCUT2D eigenvalue weighted by atomic mass is 10.1. The van der Waals surface area contributed by atoms with E-state index in [1.54, 1.807) is 67.8 Å². The van der Waals surface area contributed by atoms with E-state index in [4.69, 9.17) is 9.47 Å². The van der Waals surface area contributed by atoms with Crippen molar-refractivity contribution in [1.82, 2.24) is 0 Å². The Balaban J connectivity index is 1.75. The maximum atomic E-state index is 12.4. The Kier molecular flexibility index (Phi) is 6.02. The zero-order chi connectivity index (χ0) is 19.9. The fraction of sp³-hybridized carbons (Fsp3) is 0.0833. The summed E-state index contributed by atoms with van der Waals surface area (Å²) >= 11 is 0. The highest BCUT2D eigenvalue weighted by Gasteiger charge is 2.11. The number of methoxy groups -OCH3 is 1. The number of carbonyl (C=O) groups excluding carboxylic acids is 2. The van der Waals surface area contributed by atoms with Crippen molar-refractivity contribution in [3.05, 3.63) is 101 Å². The van der Waals surface area contributed by atoms with Crippen LogP contribution in [0.5, 0.6) is 11.5 Å². The highest BCUT2D eigenvalue weighted by molar-refractivity contribution is 6.07. The summed E-state index contributed by atoms with van der Waals surface area (Å²) in [5.41, 5.74) is 2.76. The van der Waals surface area contributed by atoms with Crippen molar-refractivity contribution < 1.29 is 19.1 Å². The lowest BCUT2D eigenvalue weighted by Crippen LogP contribution is -2.09. The number of aryl methyl sites for hydroxylation is 1. The second-order valence-corrected chi connectivity index (χ2v) is 6.22. The molecule has 0 heterocycles. The summed E-state index contributed by atoms with van der Waals surface area (Å²) < 4.78 is 10.6. The Morgan fingerprint density at radius 3 is 2.14 bits per heavy atom. The van der Waals surface area contributed by atoms with Crippen LogP contribution in [-0.2, 0) is 0 Å². The summed E-state index contributed by atoms with van der Waals surface area (Å²) in [6.45, 7) is 1.97. The molecule has 0 N–H and O–H groups in total. The number of para-hydroxylation sites is 1. The molecule has 0 radical (unpaired) electrons. The van der Waals surface area contributed by atoms with Crippen molar-refractivity contribution >= 4 is 17.8 Å². The van der Waals surface area contributed by atoms with E-state index < -0.39 is 5.97 Å². The van der Waals surface area contributed by atoms with Crippen molar-refractivity contribution in [3.63, 3.8) is 0 Å². The molecule has 0 saturated heterocycles. The van der Waals surface area contributed by atoms with Crippen LogP contribution in [-0.4, -0.2) is 18.9 Å². The van der Waals surface area contributed by atoms with Crippen molar-refractivity contribution in [2.75, 3.05) is 7.11 Å². The van der Waals surface area contributed by atoms with E-state index in [1.807, 2.05) is 25.1 Å². The third-order valence-electron chi connectivity index (χ3n) is 4.20. The fourth-order valence-corrected chi connectivity index (χ4v) is 2.58. The topological polar surface area (TPSA) is 52.6 Å². The first-order valence-corrected chi connectivity index (χ1v) is 8.81. The highest BCUT2D eigenvalue weighted by atomic mass is 16.5. The molecule has 4 heteroatoms. The van der Waals surface area contributed by atoms with Gasteiger partial charge in [0.15, 0.2) is 5.78 Å². The summed E-state index contributed by atoms with van der Waals surface area (Å²) in [6.07, 6.45) is 3.13. The van der Waals surface area contributed by atoms with Crippen molar-refractivity contribution in [2.45, 2.75) is 6.92 Å². The smallest absolute Gasteiger partial charge is 0.343 e. The predicted octanol–water partition coefficient (Wildman–Crippen LogP) is 5.12. The van der Waals surface area contributed by atoms with Gasteiger partial charge in [-0.05, 0) is 49.4 Å². The summed E-state index contributed by atoms with van der Waals surface area (Å²) in [7, 11) is 1.56.